The van der Waals surface area contributed by atoms with Gasteiger partial charge in [-0.05, 0) is 24.7 Å². The smallest absolute Gasteiger partial charge is 0.0129 e. The minimum Gasteiger partial charge on any atom is -0.173 e. The van der Waals surface area contributed by atoms with Gasteiger partial charge in [0.1, 0.15) is 0 Å². The number of hydrogen-bond donors (Lipinski definition) is 1. The third-order valence-corrected chi connectivity index (χ3v) is 4.38. The lowest BCUT2D eigenvalue weighted by Gasteiger charge is -2.34. The summed E-state index contributed by atoms with van der Waals surface area (Å²) in [6.07, 6.45) is 7.85. The molecule has 1 heteroatoms. The van der Waals surface area contributed by atoms with Crippen molar-refractivity contribution in [2.75, 3.05) is 0 Å². The van der Waals surface area contributed by atoms with E-state index in [1.165, 1.54) is 38.5 Å². The van der Waals surface area contributed by atoms with Crippen molar-refractivity contribution < 1.29 is 0 Å². The molecule has 0 N–H and O–H groups in total. The second-order valence-electron chi connectivity index (χ2n) is 5.31. The van der Waals surface area contributed by atoms with Crippen LogP contribution in [0, 0.1) is 11.8 Å². The summed E-state index contributed by atoms with van der Waals surface area (Å²) < 4.78 is 0.228. The molecule has 0 aliphatic rings. The van der Waals surface area contributed by atoms with E-state index in [0.717, 1.165) is 11.8 Å². The summed E-state index contributed by atoms with van der Waals surface area (Å²) in [6, 6.07) is 0. The first-order chi connectivity index (χ1) is 6.97. The monoisotopic (exact) mass is 230 g/mol. The van der Waals surface area contributed by atoms with Crippen LogP contribution in [0.5, 0.6) is 0 Å². The molecule has 0 aromatic carbocycles. The van der Waals surface area contributed by atoms with E-state index in [1.54, 1.807) is 0 Å². The molecule has 0 radical (unpaired) electrons. The molecule has 0 aliphatic carbocycles. The Labute approximate surface area is 103 Å². The molecule has 0 aliphatic heterocycles. The largest absolute Gasteiger partial charge is 0.173 e. The van der Waals surface area contributed by atoms with E-state index in [9.17, 15) is 0 Å². The lowest BCUT2D eigenvalue weighted by Crippen LogP contribution is -2.29. The lowest BCUT2D eigenvalue weighted by molar-refractivity contribution is 0.307. The van der Waals surface area contributed by atoms with Gasteiger partial charge in [0.25, 0.3) is 0 Å². The Kier molecular flexibility index (Phi) is 7.77. The second-order valence-corrected chi connectivity index (χ2v) is 6.34. The van der Waals surface area contributed by atoms with Crippen molar-refractivity contribution in [1.82, 2.24) is 0 Å². The van der Waals surface area contributed by atoms with E-state index >= 15 is 0 Å². The van der Waals surface area contributed by atoms with Crippen LogP contribution >= 0.6 is 12.6 Å². The van der Waals surface area contributed by atoms with Crippen LogP contribution in [0.15, 0.2) is 0 Å². The van der Waals surface area contributed by atoms with Gasteiger partial charge < -0.3 is 0 Å². The van der Waals surface area contributed by atoms with E-state index in [1.807, 2.05) is 0 Å². The number of thiol groups is 1. The predicted octanol–water partition coefficient (Wildman–Crippen LogP) is 5.33. The van der Waals surface area contributed by atoms with Crippen LogP contribution in [0.1, 0.15) is 73.1 Å². The molecule has 15 heavy (non-hydrogen) atoms. The van der Waals surface area contributed by atoms with Gasteiger partial charge in [-0.25, -0.2) is 0 Å². The molecule has 0 nitrogen and oxygen atoms in total. The topological polar surface area (TPSA) is 0 Å². The average Bonchev–Trinajstić information content (AvgIpc) is 2.17. The highest BCUT2D eigenvalue weighted by Gasteiger charge is 2.28. The van der Waals surface area contributed by atoms with E-state index in [-0.39, 0.29) is 4.75 Å². The predicted molar refractivity (Wildman–Crippen MR) is 74.8 cm³/mol. The number of rotatable bonds is 8. The molecule has 3 unspecified atom stereocenters. The Hall–Kier alpha value is 0.350. The van der Waals surface area contributed by atoms with Crippen LogP contribution in [0.2, 0.25) is 0 Å². The van der Waals surface area contributed by atoms with E-state index in [4.69, 9.17) is 12.6 Å². The van der Waals surface area contributed by atoms with Gasteiger partial charge in [0, 0.05) is 4.75 Å². The quantitative estimate of drug-likeness (QED) is 0.535. The highest BCUT2D eigenvalue weighted by Crippen LogP contribution is 2.36. The lowest BCUT2D eigenvalue weighted by atomic mass is 9.81. The molecule has 0 saturated carbocycles. The molecular formula is C14H30S. The molecule has 0 aromatic rings. The van der Waals surface area contributed by atoms with Gasteiger partial charge in [-0.2, -0.15) is 12.6 Å². The van der Waals surface area contributed by atoms with Crippen LogP contribution in [0.4, 0.5) is 0 Å². The van der Waals surface area contributed by atoms with E-state index in [0.29, 0.717) is 0 Å². The maximum absolute atomic E-state index is 4.90. The van der Waals surface area contributed by atoms with Gasteiger partial charge in [0.15, 0.2) is 0 Å². The molecule has 0 rings (SSSR count). The molecule has 0 saturated heterocycles. The maximum atomic E-state index is 4.90. The second kappa shape index (κ2) is 7.60. The van der Waals surface area contributed by atoms with Crippen LogP contribution in [0.3, 0.4) is 0 Å². The fraction of sp³-hybridized carbons (Fsp3) is 1.00. The summed E-state index contributed by atoms with van der Waals surface area (Å²) in [5, 5.41) is 0. The maximum Gasteiger partial charge on any atom is 0.0129 e. The summed E-state index contributed by atoms with van der Waals surface area (Å²) in [6.45, 7) is 11.6. The zero-order valence-corrected chi connectivity index (χ0v) is 12.2. The molecule has 0 fully saturated rings. The molecular weight excluding hydrogens is 200 g/mol. The summed E-state index contributed by atoms with van der Waals surface area (Å²) >= 11 is 4.90. The third kappa shape index (κ3) is 5.85. The van der Waals surface area contributed by atoms with Crippen molar-refractivity contribution in [3.63, 3.8) is 0 Å². The van der Waals surface area contributed by atoms with Crippen molar-refractivity contribution in [1.29, 1.82) is 0 Å². The fourth-order valence-corrected chi connectivity index (χ4v) is 2.78. The minimum atomic E-state index is 0.228. The van der Waals surface area contributed by atoms with Crippen molar-refractivity contribution in [2.45, 2.75) is 77.9 Å². The fourth-order valence-electron chi connectivity index (χ4n) is 2.39. The summed E-state index contributed by atoms with van der Waals surface area (Å²) in [4.78, 5) is 0. The molecule has 0 amide bonds. The first kappa shape index (κ1) is 15.3. The number of hydrogen-bond acceptors (Lipinski definition) is 1. The molecule has 0 heterocycles. The van der Waals surface area contributed by atoms with Crippen LogP contribution in [-0.2, 0) is 0 Å². The van der Waals surface area contributed by atoms with Crippen molar-refractivity contribution in [3.05, 3.63) is 0 Å². The summed E-state index contributed by atoms with van der Waals surface area (Å²) in [7, 11) is 0. The summed E-state index contributed by atoms with van der Waals surface area (Å²) in [5.74, 6) is 1.61. The zero-order chi connectivity index (χ0) is 11.9. The van der Waals surface area contributed by atoms with Gasteiger partial charge in [0.05, 0.1) is 0 Å². The Balaban J connectivity index is 4.19. The average molecular weight is 230 g/mol. The first-order valence-electron chi connectivity index (χ1n) is 6.70. The van der Waals surface area contributed by atoms with Gasteiger partial charge in [-0.1, -0.05) is 60.3 Å². The van der Waals surface area contributed by atoms with Crippen LogP contribution < -0.4 is 0 Å². The minimum absolute atomic E-state index is 0.228. The highest BCUT2D eigenvalue weighted by molar-refractivity contribution is 7.81. The third-order valence-electron chi connectivity index (χ3n) is 3.76. The normalized spacial score (nSPS) is 19.6. The van der Waals surface area contributed by atoms with Crippen molar-refractivity contribution in [3.8, 4) is 0 Å². The Bertz CT molecular complexity index is 151. The molecule has 0 aromatic heterocycles. The van der Waals surface area contributed by atoms with Gasteiger partial charge in [0.2, 0.25) is 0 Å². The van der Waals surface area contributed by atoms with Gasteiger partial charge in [-0.15, -0.1) is 0 Å². The van der Waals surface area contributed by atoms with Crippen molar-refractivity contribution >= 4 is 12.6 Å². The molecule has 3 atom stereocenters. The molecule has 0 spiro atoms. The summed E-state index contributed by atoms with van der Waals surface area (Å²) in [5.41, 5.74) is 0. The molecule has 92 valence electrons. The van der Waals surface area contributed by atoms with Crippen LogP contribution in [-0.4, -0.2) is 4.75 Å². The zero-order valence-electron chi connectivity index (χ0n) is 11.3. The SMILES string of the molecule is CCCC(CC)CC(C)(S)C(C)CCC. The van der Waals surface area contributed by atoms with Gasteiger partial charge in [-0.3, -0.25) is 0 Å². The Morgan fingerprint density at radius 1 is 1.07 bits per heavy atom. The molecule has 0 bridgehead atoms. The Morgan fingerprint density at radius 3 is 2.00 bits per heavy atom. The Morgan fingerprint density at radius 2 is 1.60 bits per heavy atom. The standard InChI is InChI=1S/C14H30S/c1-6-9-12(4)14(5,15)11-13(8-3)10-7-2/h12-13,15H,6-11H2,1-5H3. The van der Waals surface area contributed by atoms with E-state index < -0.39 is 0 Å². The highest BCUT2D eigenvalue weighted by atomic mass is 32.1. The van der Waals surface area contributed by atoms with E-state index in [2.05, 4.69) is 34.6 Å². The first-order valence-corrected chi connectivity index (χ1v) is 7.14. The van der Waals surface area contributed by atoms with Crippen molar-refractivity contribution in [2.24, 2.45) is 11.8 Å². The van der Waals surface area contributed by atoms with Gasteiger partial charge >= 0.3 is 0 Å². The van der Waals surface area contributed by atoms with Crippen LogP contribution in [0.25, 0.3) is 0 Å².